The third kappa shape index (κ3) is 5.88. The molecule has 0 amide bonds. The van der Waals surface area contributed by atoms with Crippen LogP contribution >= 0.6 is 17.2 Å². The van der Waals surface area contributed by atoms with Gasteiger partial charge >= 0.3 is 315 Å². The van der Waals surface area contributed by atoms with Gasteiger partial charge in [0.1, 0.15) is 0 Å². The second-order valence-corrected chi connectivity index (χ2v) is 77.4. The van der Waals surface area contributed by atoms with Crippen molar-refractivity contribution in [2.75, 3.05) is 0 Å². The number of rotatable bonds is 5. The molecule has 0 nitrogen and oxygen atoms in total. The van der Waals surface area contributed by atoms with E-state index < -0.39 is 21.3 Å². The van der Waals surface area contributed by atoms with Crippen molar-refractivity contribution >= 4 is 35.3 Å². The molecule has 0 N–H and O–H groups in total. The summed E-state index contributed by atoms with van der Waals surface area (Å²) >= 11 is -5.20. The molecule has 0 aromatic heterocycles. The van der Waals surface area contributed by atoms with Gasteiger partial charge in [0, 0.05) is 0 Å². The SMILES string of the molecule is Cc1cc(C)c(C)c(-c2cccc3c2C=C(C(C)(C)C)[CH]3[Hf]([Cl])([Cl])([CH]2C(C(C)(C)C)=Cc3c(-c4cc(C)cc(C)c4C)cccc32)[SiH](C)C)c1. The Balaban J connectivity index is 1.69. The quantitative estimate of drug-likeness (QED) is 0.175. The van der Waals surface area contributed by atoms with E-state index in [0.29, 0.717) is 0 Å². The molecule has 0 fully saturated rings. The van der Waals surface area contributed by atoms with E-state index in [1.165, 1.54) is 89.0 Å². The van der Waals surface area contributed by atoms with Gasteiger partial charge in [0.2, 0.25) is 0 Å². The summed E-state index contributed by atoms with van der Waals surface area (Å²) in [5.74, 6) is -1.72. The van der Waals surface area contributed by atoms with Crippen LogP contribution in [0.3, 0.4) is 0 Å². The van der Waals surface area contributed by atoms with Gasteiger partial charge in [-0.2, -0.15) is 0 Å². The van der Waals surface area contributed by atoms with E-state index in [0.717, 1.165) is 0 Å². The summed E-state index contributed by atoms with van der Waals surface area (Å²) in [7, 11) is 17.8. The van der Waals surface area contributed by atoms with Gasteiger partial charge in [-0.1, -0.05) is 0 Å². The fourth-order valence-electron chi connectivity index (χ4n) is 9.23. The summed E-state index contributed by atoms with van der Waals surface area (Å²) in [6.07, 6.45) is 5.05. The van der Waals surface area contributed by atoms with Crippen molar-refractivity contribution in [3.05, 3.63) is 127 Å². The topological polar surface area (TPSA) is 0 Å². The van der Waals surface area contributed by atoms with Crippen molar-refractivity contribution in [2.24, 2.45) is 10.8 Å². The van der Waals surface area contributed by atoms with Gasteiger partial charge in [0.25, 0.3) is 0 Å². The molecule has 0 bridgehead atoms. The first-order valence-electron chi connectivity index (χ1n) is 18.5. The normalized spacial score (nSPS) is 18.5. The Hall–Kier alpha value is -1.97. The first-order valence-corrected chi connectivity index (χ1v) is 40.7. The van der Waals surface area contributed by atoms with Crippen LogP contribution in [0.1, 0.15) is 105 Å². The van der Waals surface area contributed by atoms with Crippen LogP contribution in [-0.4, -0.2) is 5.98 Å². The number of hydrogen-bond donors (Lipinski definition) is 0. The van der Waals surface area contributed by atoms with Crippen LogP contribution in [0.15, 0.2) is 71.8 Å². The molecule has 6 rings (SSSR count). The monoisotopic (exact) mass is 887 g/mol. The minimum absolute atomic E-state index is 0.0384. The molecule has 0 aliphatic heterocycles. The Kier molecular flexibility index (Phi) is 9.50. The number of fused-ring (bicyclic) bond motifs is 2. The Labute approximate surface area is 312 Å². The molecule has 2 aliphatic carbocycles. The molecule has 2 atom stereocenters. The standard InChI is InChI=1S/2C22H25.C2H7Si.2ClH.Hf/c2*1-14-10-15(2)16(3)20(11-14)19-9-7-8-17-12-18(13-21(17)19)22(4,5)6;1-3-2;;;/h2*7-13H,1-6H3;3H,1-2H3;2*1H;/q;;;;;+2/p-2. The minimum atomic E-state index is -5.20. The van der Waals surface area contributed by atoms with E-state index in [-0.39, 0.29) is 18.2 Å². The first kappa shape index (κ1) is 37.8. The van der Waals surface area contributed by atoms with Crippen molar-refractivity contribution < 1.29 is 15.3 Å². The van der Waals surface area contributed by atoms with Crippen LogP contribution in [0.2, 0.25) is 13.1 Å². The van der Waals surface area contributed by atoms with Gasteiger partial charge < -0.3 is 0 Å². The number of halogens is 2. The Morgan fingerprint density at radius 1 is 0.540 bits per heavy atom. The Morgan fingerprint density at radius 2 is 0.900 bits per heavy atom. The summed E-state index contributed by atoms with van der Waals surface area (Å²) < 4.78 is 0.0768. The molecule has 263 valence electrons. The average Bonchev–Trinajstić information content (AvgIpc) is 3.62. The second kappa shape index (κ2) is 12.6. The van der Waals surface area contributed by atoms with E-state index >= 15 is 0 Å². The van der Waals surface area contributed by atoms with Crippen LogP contribution < -0.4 is 0 Å². The molecule has 4 aromatic rings. The predicted octanol–water partition coefficient (Wildman–Crippen LogP) is 14.5. The van der Waals surface area contributed by atoms with Crippen LogP contribution in [0.5, 0.6) is 0 Å². The second-order valence-electron chi connectivity index (χ2n) is 18.1. The molecule has 2 unspecified atom stereocenters. The molecule has 50 heavy (non-hydrogen) atoms. The zero-order valence-corrected chi connectivity index (χ0v) is 39.2. The molecule has 0 heterocycles. The molecule has 0 saturated carbocycles. The fourth-order valence-corrected chi connectivity index (χ4v) is 53.8. The van der Waals surface area contributed by atoms with Gasteiger partial charge in [0.05, 0.1) is 0 Å². The number of aryl methyl sites for hydroxylation is 4. The molecular formula is C46H57Cl2HfSi. The number of allylic oxidation sites excluding steroid dienone is 2. The molecule has 4 heteroatoms. The van der Waals surface area contributed by atoms with Crippen molar-refractivity contribution in [1.82, 2.24) is 0 Å². The molecule has 0 spiro atoms. The van der Waals surface area contributed by atoms with E-state index in [1.54, 1.807) is 0 Å². The van der Waals surface area contributed by atoms with Crippen LogP contribution in [0.4, 0.5) is 0 Å². The molecule has 4 aromatic carbocycles. The average molecular weight is 887 g/mol. The third-order valence-electron chi connectivity index (χ3n) is 12.3. The van der Waals surface area contributed by atoms with Gasteiger partial charge in [-0.3, -0.25) is 0 Å². The molecule has 0 radical (unpaired) electrons. The van der Waals surface area contributed by atoms with Crippen molar-refractivity contribution in [2.45, 2.75) is 104 Å². The van der Waals surface area contributed by atoms with Gasteiger partial charge in [-0.15, -0.1) is 0 Å². The summed E-state index contributed by atoms with van der Waals surface area (Å²) in [5.41, 5.74) is 21.2. The number of hydrogen-bond acceptors (Lipinski definition) is 0. The van der Waals surface area contributed by atoms with Crippen molar-refractivity contribution in [3.8, 4) is 22.3 Å². The summed E-state index contributed by atoms with van der Waals surface area (Å²) in [4.78, 5) is 0. The zero-order chi connectivity index (χ0) is 36.9. The van der Waals surface area contributed by atoms with E-state index in [9.17, 15) is 0 Å². The summed E-state index contributed by atoms with van der Waals surface area (Å²) in [6.45, 7) is 32.6. The van der Waals surface area contributed by atoms with E-state index in [1.807, 2.05) is 0 Å². The molecule has 0 saturated heterocycles. The van der Waals surface area contributed by atoms with Crippen molar-refractivity contribution in [1.29, 1.82) is 0 Å². The summed E-state index contributed by atoms with van der Waals surface area (Å²) in [5, 5.41) is 0. The fraction of sp³-hybridized carbons (Fsp3) is 0.391. The maximum absolute atomic E-state index is 8.92. The van der Waals surface area contributed by atoms with Crippen LogP contribution in [-0.2, 0) is 15.3 Å². The van der Waals surface area contributed by atoms with E-state index in [4.69, 9.17) is 17.2 Å². The predicted molar refractivity (Wildman–Crippen MR) is 223 cm³/mol. The third-order valence-corrected chi connectivity index (χ3v) is 84.7. The first-order chi connectivity index (χ1) is 23.1. The van der Waals surface area contributed by atoms with Gasteiger partial charge in [-0.05, 0) is 0 Å². The van der Waals surface area contributed by atoms with E-state index in [2.05, 4.69) is 169 Å². The van der Waals surface area contributed by atoms with Crippen LogP contribution in [0.25, 0.3) is 34.4 Å². The van der Waals surface area contributed by atoms with Gasteiger partial charge in [0.15, 0.2) is 0 Å². The van der Waals surface area contributed by atoms with Gasteiger partial charge in [-0.25, -0.2) is 0 Å². The van der Waals surface area contributed by atoms with Crippen LogP contribution in [0, 0.1) is 52.4 Å². The number of benzene rings is 4. The zero-order valence-electron chi connectivity index (χ0n) is 32.9. The Bertz CT molecular complexity index is 1970. The molecular weight excluding hydrogens is 830 g/mol. The maximum atomic E-state index is 8.92. The summed E-state index contributed by atoms with van der Waals surface area (Å²) in [6, 6.07) is 23.3. The van der Waals surface area contributed by atoms with Crippen molar-refractivity contribution in [3.63, 3.8) is 0 Å². The Morgan fingerprint density at radius 3 is 1.22 bits per heavy atom. The molecule has 2 aliphatic rings.